The van der Waals surface area contributed by atoms with Crippen LogP contribution >= 0.6 is 0 Å². The zero-order valence-electron chi connectivity index (χ0n) is 19.5. The molecule has 0 saturated carbocycles. The lowest BCUT2D eigenvalue weighted by molar-refractivity contribution is -0.151. The highest BCUT2D eigenvalue weighted by molar-refractivity contribution is 6.07. The van der Waals surface area contributed by atoms with Gasteiger partial charge < -0.3 is 19.1 Å². The average Bonchev–Trinajstić information content (AvgIpc) is 3.31. The summed E-state index contributed by atoms with van der Waals surface area (Å²) >= 11 is 0. The van der Waals surface area contributed by atoms with E-state index in [4.69, 9.17) is 14.2 Å². The summed E-state index contributed by atoms with van der Waals surface area (Å²) in [6.07, 6.45) is 1.77. The van der Waals surface area contributed by atoms with Crippen molar-refractivity contribution < 1.29 is 23.8 Å². The molecule has 5 rings (SSSR count). The van der Waals surface area contributed by atoms with Gasteiger partial charge in [0.25, 0.3) is 0 Å². The van der Waals surface area contributed by atoms with Crippen LogP contribution in [0.1, 0.15) is 43.4 Å². The largest absolute Gasteiger partial charge is 0.497 e. The molecule has 2 aliphatic heterocycles. The Morgan fingerprint density at radius 1 is 1.03 bits per heavy atom. The number of fused-ring (bicyclic) bond motifs is 3. The predicted molar refractivity (Wildman–Crippen MR) is 124 cm³/mol. The monoisotopic (exact) mass is 447 g/mol. The van der Waals surface area contributed by atoms with Gasteiger partial charge in [0, 0.05) is 12.0 Å². The molecular weight excluding hydrogens is 418 g/mol. The Kier molecular flexibility index (Phi) is 5.19. The molecule has 2 heterocycles. The molecular formula is C27H29NO5. The quantitative estimate of drug-likeness (QED) is 0.667. The van der Waals surface area contributed by atoms with Crippen molar-refractivity contribution in [1.29, 1.82) is 0 Å². The van der Waals surface area contributed by atoms with Gasteiger partial charge in [-0.25, -0.2) is 4.79 Å². The number of esters is 1. The van der Waals surface area contributed by atoms with Gasteiger partial charge in [-0.05, 0) is 66.3 Å². The first-order valence-electron chi connectivity index (χ1n) is 11.4. The second-order valence-electron chi connectivity index (χ2n) is 9.24. The lowest BCUT2D eigenvalue weighted by atomic mass is 9.58. The van der Waals surface area contributed by atoms with Crippen LogP contribution in [0.15, 0.2) is 48.0 Å². The van der Waals surface area contributed by atoms with Crippen LogP contribution in [0.4, 0.5) is 0 Å². The van der Waals surface area contributed by atoms with Crippen molar-refractivity contribution in [3.8, 4) is 11.5 Å². The summed E-state index contributed by atoms with van der Waals surface area (Å²) in [6.45, 7) is 4.91. The molecule has 3 aliphatic rings. The SMILES string of the molecule is COc1ccc([C@@]2(C)c3cc(OC)ccc3C(C)=C3C(=O)OC[C@@H]4CCCN4C(=O)[C@H]32)cc1. The molecule has 3 atom stereocenters. The van der Waals surface area contributed by atoms with E-state index in [-0.39, 0.29) is 18.6 Å². The molecule has 2 saturated heterocycles. The summed E-state index contributed by atoms with van der Waals surface area (Å²) in [4.78, 5) is 29.5. The van der Waals surface area contributed by atoms with Gasteiger partial charge in [0.2, 0.25) is 5.91 Å². The lowest BCUT2D eigenvalue weighted by Gasteiger charge is -2.46. The van der Waals surface area contributed by atoms with Crippen LogP contribution in [0.3, 0.4) is 0 Å². The van der Waals surface area contributed by atoms with Crippen LogP contribution < -0.4 is 9.47 Å². The van der Waals surface area contributed by atoms with E-state index < -0.39 is 17.3 Å². The number of methoxy groups -OCH3 is 2. The van der Waals surface area contributed by atoms with Gasteiger partial charge in [-0.3, -0.25) is 4.79 Å². The number of ether oxygens (including phenoxy) is 3. The Labute approximate surface area is 194 Å². The number of carbonyl (C=O) groups is 2. The van der Waals surface area contributed by atoms with Crippen molar-refractivity contribution in [3.05, 3.63) is 64.7 Å². The van der Waals surface area contributed by atoms with E-state index in [1.807, 2.05) is 54.3 Å². The molecule has 172 valence electrons. The maximum absolute atomic E-state index is 14.2. The van der Waals surface area contributed by atoms with Crippen LogP contribution in [-0.2, 0) is 19.7 Å². The maximum atomic E-state index is 14.2. The molecule has 1 amide bonds. The van der Waals surface area contributed by atoms with Crippen LogP contribution in [0, 0.1) is 5.92 Å². The normalized spacial score (nSPS) is 26.6. The zero-order valence-corrected chi connectivity index (χ0v) is 19.5. The first kappa shape index (κ1) is 21.6. The van der Waals surface area contributed by atoms with Gasteiger partial charge in [-0.15, -0.1) is 0 Å². The Balaban J connectivity index is 1.81. The molecule has 0 radical (unpaired) electrons. The second-order valence-corrected chi connectivity index (χ2v) is 9.24. The average molecular weight is 448 g/mol. The van der Waals surface area contributed by atoms with E-state index in [1.165, 1.54) is 0 Å². The van der Waals surface area contributed by atoms with Crippen molar-refractivity contribution in [1.82, 2.24) is 4.90 Å². The molecule has 2 fully saturated rings. The van der Waals surface area contributed by atoms with Crippen molar-refractivity contribution >= 4 is 17.4 Å². The molecule has 1 aliphatic carbocycles. The molecule has 0 unspecified atom stereocenters. The number of hydrogen-bond acceptors (Lipinski definition) is 5. The van der Waals surface area contributed by atoms with Gasteiger partial charge in [0.1, 0.15) is 18.1 Å². The van der Waals surface area contributed by atoms with Gasteiger partial charge in [0.05, 0.1) is 31.8 Å². The molecule has 2 aromatic carbocycles. The minimum Gasteiger partial charge on any atom is -0.497 e. The van der Waals surface area contributed by atoms with E-state index in [0.717, 1.165) is 40.9 Å². The number of rotatable bonds is 3. The highest BCUT2D eigenvalue weighted by Gasteiger charge is 2.54. The smallest absolute Gasteiger partial charge is 0.335 e. The maximum Gasteiger partial charge on any atom is 0.335 e. The summed E-state index contributed by atoms with van der Waals surface area (Å²) in [7, 11) is 3.26. The number of amides is 1. The summed E-state index contributed by atoms with van der Waals surface area (Å²) in [6, 6.07) is 13.6. The number of allylic oxidation sites excluding steroid dienone is 1. The summed E-state index contributed by atoms with van der Waals surface area (Å²) in [5, 5.41) is 0. The summed E-state index contributed by atoms with van der Waals surface area (Å²) in [5.74, 6) is 0.358. The molecule has 0 bridgehead atoms. The lowest BCUT2D eigenvalue weighted by Crippen LogP contribution is -2.53. The summed E-state index contributed by atoms with van der Waals surface area (Å²) < 4.78 is 16.7. The molecule has 2 aromatic rings. The number of benzene rings is 2. The van der Waals surface area contributed by atoms with Crippen molar-refractivity contribution in [2.24, 2.45) is 5.92 Å². The standard InChI is InChI=1S/C27H29NO5/c1-16-21-12-11-20(32-4)14-22(21)27(2,17-7-9-19(31-3)10-8-17)24-23(16)26(30)33-15-18-6-5-13-28(18)25(24)29/h7-12,14,18,24H,5-6,13,15H2,1-4H3/t18-,24-,27-/m0/s1. The minimum atomic E-state index is -0.800. The fourth-order valence-electron chi connectivity index (χ4n) is 5.83. The van der Waals surface area contributed by atoms with E-state index >= 15 is 0 Å². The third-order valence-electron chi connectivity index (χ3n) is 7.68. The third-order valence-corrected chi connectivity index (χ3v) is 7.68. The number of nitrogens with zero attached hydrogens (tertiary/aromatic N) is 1. The fourth-order valence-corrected chi connectivity index (χ4v) is 5.83. The molecule has 0 N–H and O–H groups in total. The highest BCUT2D eigenvalue weighted by atomic mass is 16.5. The predicted octanol–water partition coefficient (Wildman–Crippen LogP) is 3.96. The van der Waals surface area contributed by atoms with Crippen molar-refractivity contribution in [3.63, 3.8) is 0 Å². The second kappa shape index (κ2) is 7.94. The number of hydrogen-bond donors (Lipinski definition) is 0. The van der Waals surface area contributed by atoms with Crippen LogP contribution in [-0.4, -0.2) is 50.2 Å². The summed E-state index contributed by atoms with van der Waals surface area (Å²) in [5.41, 5.74) is 3.29. The van der Waals surface area contributed by atoms with E-state index in [2.05, 4.69) is 6.92 Å². The molecule has 0 spiro atoms. The van der Waals surface area contributed by atoms with Gasteiger partial charge >= 0.3 is 5.97 Å². The molecule has 33 heavy (non-hydrogen) atoms. The van der Waals surface area contributed by atoms with E-state index in [0.29, 0.717) is 17.9 Å². The zero-order chi connectivity index (χ0) is 23.3. The Bertz CT molecular complexity index is 1150. The number of cyclic esters (lactones) is 1. The van der Waals surface area contributed by atoms with Gasteiger partial charge in [-0.2, -0.15) is 0 Å². The van der Waals surface area contributed by atoms with Crippen LogP contribution in [0.2, 0.25) is 0 Å². The molecule has 0 aromatic heterocycles. The van der Waals surface area contributed by atoms with E-state index in [1.54, 1.807) is 14.2 Å². The van der Waals surface area contributed by atoms with Crippen molar-refractivity contribution in [2.45, 2.75) is 38.1 Å². The third kappa shape index (κ3) is 3.15. The van der Waals surface area contributed by atoms with Gasteiger partial charge in [0.15, 0.2) is 0 Å². The number of carbonyl (C=O) groups excluding carboxylic acids is 2. The van der Waals surface area contributed by atoms with E-state index in [9.17, 15) is 9.59 Å². The van der Waals surface area contributed by atoms with Crippen molar-refractivity contribution in [2.75, 3.05) is 27.4 Å². The molecule has 6 heteroatoms. The first-order chi connectivity index (χ1) is 15.9. The van der Waals surface area contributed by atoms with Crippen LogP contribution in [0.5, 0.6) is 11.5 Å². The first-order valence-corrected chi connectivity index (χ1v) is 11.4. The highest BCUT2D eigenvalue weighted by Crippen LogP contribution is 2.53. The Hall–Kier alpha value is -3.28. The van der Waals surface area contributed by atoms with Gasteiger partial charge in [-0.1, -0.05) is 25.1 Å². The van der Waals surface area contributed by atoms with Crippen LogP contribution in [0.25, 0.3) is 5.57 Å². The molecule has 6 nitrogen and oxygen atoms in total. The Morgan fingerprint density at radius 3 is 2.42 bits per heavy atom. The minimum absolute atomic E-state index is 0.00436. The Morgan fingerprint density at radius 2 is 1.73 bits per heavy atom. The fraction of sp³-hybridized carbons (Fsp3) is 0.407. The topological polar surface area (TPSA) is 65.1 Å².